The van der Waals surface area contributed by atoms with Crippen LogP contribution in [-0.2, 0) is 0 Å². The number of nitrogens with zero attached hydrogens (tertiary/aromatic N) is 2. The first-order chi connectivity index (χ1) is 9.63. The van der Waals surface area contributed by atoms with Gasteiger partial charge in [0.2, 0.25) is 0 Å². The van der Waals surface area contributed by atoms with E-state index in [9.17, 15) is 0 Å². The second-order valence-electron chi connectivity index (χ2n) is 5.19. The van der Waals surface area contributed by atoms with E-state index in [2.05, 4.69) is 54.4 Å². The molecule has 0 radical (unpaired) electrons. The smallest absolute Gasteiger partial charge is 0.187 e. The molecule has 0 saturated heterocycles. The van der Waals surface area contributed by atoms with E-state index < -0.39 is 0 Å². The summed E-state index contributed by atoms with van der Waals surface area (Å²) in [4.78, 5) is 4.03. The molecule has 20 heavy (non-hydrogen) atoms. The van der Waals surface area contributed by atoms with Crippen LogP contribution in [-0.4, -0.2) is 10.1 Å². The van der Waals surface area contributed by atoms with Crippen molar-refractivity contribution >= 4 is 16.8 Å². The number of benzene rings is 1. The summed E-state index contributed by atoms with van der Waals surface area (Å²) in [6.45, 7) is 6.34. The van der Waals surface area contributed by atoms with Gasteiger partial charge in [-0.3, -0.25) is 4.98 Å². The van der Waals surface area contributed by atoms with E-state index in [0.29, 0.717) is 5.58 Å². The molecule has 2 aromatic heterocycles. The maximum Gasteiger partial charge on any atom is 0.187 e. The Morgan fingerprint density at radius 1 is 1.15 bits per heavy atom. The zero-order chi connectivity index (χ0) is 14.1. The van der Waals surface area contributed by atoms with Gasteiger partial charge in [0.05, 0.1) is 17.6 Å². The molecule has 2 heterocycles. The number of aryl methyl sites for hydroxylation is 2. The van der Waals surface area contributed by atoms with E-state index in [4.69, 9.17) is 4.52 Å². The molecule has 1 atom stereocenters. The molecule has 1 unspecified atom stereocenters. The summed E-state index contributed by atoms with van der Waals surface area (Å²) in [5.41, 5.74) is 4.47. The first-order valence-corrected chi connectivity index (χ1v) is 6.67. The van der Waals surface area contributed by atoms with Crippen molar-refractivity contribution in [3.63, 3.8) is 0 Å². The highest BCUT2D eigenvalue weighted by Gasteiger charge is 2.12. The zero-order valence-corrected chi connectivity index (χ0v) is 11.8. The summed E-state index contributed by atoms with van der Waals surface area (Å²) < 4.78 is 5.26. The summed E-state index contributed by atoms with van der Waals surface area (Å²) in [7, 11) is 0. The Bertz CT molecular complexity index is 728. The highest BCUT2D eigenvalue weighted by Crippen LogP contribution is 2.26. The van der Waals surface area contributed by atoms with Crippen LogP contribution in [0.15, 0.2) is 41.2 Å². The van der Waals surface area contributed by atoms with Gasteiger partial charge in [0.1, 0.15) is 0 Å². The molecular formula is C16H17N3O. The predicted octanol–water partition coefficient (Wildman–Crippen LogP) is 4.01. The van der Waals surface area contributed by atoms with Gasteiger partial charge in [-0.2, -0.15) is 0 Å². The number of nitrogens with one attached hydrogen (secondary N) is 1. The Kier molecular flexibility index (Phi) is 3.14. The van der Waals surface area contributed by atoms with Crippen LogP contribution >= 0.6 is 0 Å². The van der Waals surface area contributed by atoms with Crippen molar-refractivity contribution in [2.24, 2.45) is 0 Å². The first-order valence-electron chi connectivity index (χ1n) is 6.67. The maximum absolute atomic E-state index is 5.26. The number of hydrogen-bond acceptors (Lipinski definition) is 4. The second-order valence-corrected chi connectivity index (χ2v) is 5.19. The lowest BCUT2D eigenvalue weighted by Crippen LogP contribution is -2.07. The topological polar surface area (TPSA) is 51.0 Å². The monoisotopic (exact) mass is 267 g/mol. The van der Waals surface area contributed by atoms with Gasteiger partial charge in [-0.25, -0.2) is 0 Å². The maximum atomic E-state index is 5.26. The minimum atomic E-state index is 0.162. The van der Waals surface area contributed by atoms with Gasteiger partial charge in [-0.15, -0.1) is 0 Å². The average Bonchev–Trinajstić information content (AvgIpc) is 2.81. The molecule has 4 nitrogen and oxygen atoms in total. The summed E-state index contributed by atoms with van der Waals surface area (Å²) in [6, 6.07) is 8.62. The highest BCUT2D eigenvalue weighted by molar-refractivity contribution is 5.87. The van der Waals surface area contributed by atoms with Crippen molar-refractivity contribution in [1.29, 1.82) is 0 Å². The molecule has 3 aromatic rings. The summed E-state index contributed by atoms with van der Waals surface area (Å²) >= 11 is 0. The third kappa shape index (κ3) is 2.37. The Morgan fingerprint density at radius 2 is 1.90 bits per heavy atom. The molecule has 0 aliphatic rings. The molecule has 0 fully saturated rings. The fraction of sp³-hybridized carbons (Fsp3) is 0.250. The van der Waals surface area contributed by atoms with Crippen LogP contribution in [0.4, 0.5) is 5.82 Å². The van der Waals surface area contributed by atoms with Gasteiger partial charge in [-0.1, -0.05) is 34.5 Å². The Hall–Kier alpha value is -2.36. The van der Waals surface area contributed by atoms with Crippen LogP contribution in [0.25, 0.3) is 11.0 Å². The number of aromatic nitrogens is 2. The molecule has 0 bridgehead atoms. The largest absolute Gasteiger partial charge is 0.360 e. The van der Waals surface area contributed by atoms with E-state index in [1.807, 2.05) is 6.07 Å². The van der Waals surface area contributed by atoms with Crippen LogP contribution in [0, 0.1) is 13.8 Å². The lowest BCUT2D eigenvalue weighted by molar-refractivity contribution is 0.457. The molecule has 0 amide bonds. The molecule has 1 aromatic carbocycles. The molecule has 0 aliphatic heterocycles. The number of anilines is 1. The number of fused-ring (bicyclic) bond motifs is 1. The van der Waals surface area contributed by atoms with Crippen LogP contribution in [0.3, 0.4) is 0 Å². The number of hydrogen-bond donors (Lipinski definition) is 1. The first kappa shape index (κ1) is 12.7. The van der Waals surface area contributed by atoms with Gasteiger partial charge in [0, 0.05) is 6.20 Å². The lowest BCUT2D eigenvalue weighted by Gasteiger charge is -2.15. The Morgan fingerprint density at radius 3 is 2.65 bits per heavy atom. The van der Waals surface area contributed by atoms with Gasteiger partial charge in [-0.05, 0) is 32.4 Å². The van der Waals surface area contributed by atoms with E-state index in [-0.39, 0.29) is 6.04 Å². The van der Waals surface area contributed by atoms with Crippen molar-refractivity contribution < 1.29 is 4.52 Å². The van der Waals surface area contributed by atoms with E-state index in [1.54, 1.807) is 12.4 Å². The average molecular weight is 267 g/mol. The van der Waals surface area contributed by atoms with Crippen molar-refractivity contribution in [2.75, 3.05) is 5.32 Å². The molecule has 1 N–H and O–H groups in total. The fourth-order valence-corrected chi connectivity index (χ4v) is 2.44. The minimum absolute atomic E-state index is 0.162. The van der Waals surface area contributed by atoms with Crippen LogP contribution in [0.2, 0.25) is 0 Å². The summed E-state index contributed by atoms with van der Waals surface area (Å²) in [5.74, 6) is 0.758. The fourth-order valence-electron chi connectivity index (χ4n) is 2.44. The van der Waals surface area contributed by atoms with Crippen molar-refractivity contribution in [1.82, 2.24) is 10.1 Å². The van der Waals surface area contributed by atoms with Crippen molar-refractivity contribution in [3.05, 3.63) is 53.3 Å². The van der Waals surface area contributed by atoms with Crippen molar-refractivity contribution in [2.45, 2.75) is 26.8 Å². The quantitative estimate of drug-likeness (QED) is 0.779. The Balaban J connectivity index is 1.90. The molecule has 102 valence electrons. The molecule has 0 aliphatic carbocycles. The van der Waals surface area contributed by atoms with Crippen LogP contribution in [0.1, 0.15) is 29.7 Å². The third-order valence-electron chi connectivity index (χ3n) is 3.37. The van der Waals surface area contributed by atoms with Gasteiger partial charge < -0.3 is 9.84 Å². The second kappa shape index (κ2) is 4.96. The van der Waals surface area contributed by atoms with Gasteiger partial charge >= 0.3 is 0 Å². The van der Waals surface area contributed by atoms with E-state index in [0.717, 1.165) is 11.2 Å². The van der Waals surface area contributed by atoms with E-state index >= 15 is 0 Å². The SMILES string of the molecule is Cc1cc(C)cc(C(C)Nc2noc3cnccc23)c1. The highest BCUT2D eigenvalue weighted by atomic mass is 16.5. The van der Waals surface area contributed by atoms with Gasteiger partial charge in [0.25, 0.3) is 0 Å². The standard InChI is InChI=1S/C16H17N3O/c1-10-6-11(2)8-13(7-10)12(3)18-16-14-4-5-17-9-15(14)20-19-16/h4-9,12H,1-3H3,(H,18,19). The minimum Gasteiger partial charge on any atom is -0.360 e. The molecule has 3 rings (SSSR count). The molecule has 0 saturated carbocycles. The Labute approximate surface area is 117 Å². The lowest BCUT2D eigenvalue weighted by atomic mass is 10.0. The van der Waals surface area contributed by atoms with E-state index in [1.165, 1.54) is 16.7 Å². The third-order valence-corrected chi connectivity index (χ3v) is 3.37. The molecule has 4 heteroatoms. The zero-order valence-electron chi connectivity index (χ0n) is 11.8. The molecular weight excluding hydrogens is 250 g/mol. The van der Waals surface area contributed by atoms with Gasteiger partial charge in [0.15, 0.2) is 11.4 Å². The summed E-state index contributed by atoms with van der Waals surface area (Å²) in [5, 5.41) is 8.44. The van der Waals surface area contributed by atoms with Crippen molar-refractivity contribution in [3.8, 4) is 0 Å². The number of pyridine rings is 1. The summed E-state index contributed by atoms with van der Waals surface area (Å²) in [6.07, 6.45) is 3.42. The van der Waals surface area contributed by atoms with Crippen LogP contribution in [0.5, 0.6) is 0 Å². The predicted molar refractivity (Wildman–Crippen MR) is 79.8 cm³/mol. The number of rotatable bonds is 3. The molecule has 0 spiro atoms. The van der Waals surface area contributed by atoms with Crippen LogP contribution < -0.4 is 5.32 Å². The normalized spacial score (nSPS) is 12.6.